The second-order valence-electron chi connectivity index (χ2n) is 6.00. The first-order valence-corrected chi connectivity index (χ1v) is 8.22. The third-order valence-corrected chi connectivity index (χ3v) is 4.33. The molecule has 0 spiro atoms. The molecule has 1 unspecified atom stereocenters. The minimum atomic E-state index is -0.0560. The normalized spacial score (nSPS) is 17.4. The third kappa shape index (κ3) is 4.01. The van der Waals surface area contributed by atoms with E-state index in [4.69, 9.17) is 11.0 Å². The van der Waals surface area contributed by atoms with Crippen molar-refractivity contribution in [2.24, 2.45) is 0 Å². The largest absolute Gasteiger partial charge is 0.368 e. The first-order valence-electron chi connectivity index (χ1n) is 8.22. The van der Waals surface area contributed by atoms with Crippen LogP contribution in [0.4, 0.5) is 5.95 Å². The fraction of sp³-hybridized carbons (Fsp3) is 0.263. The molecule has 2 heterocycles. The topological polar surface area (TPSA) is 95.9 Å². The summed E-state index contributed by atoms with van der Waals surface area (Å²) in [5.41, 5.74) is 7.84. The molecule has 1 aromatic heterocycles. The Morgan fingerprint density at radius 1 is 1.36 bits per heavy atom. The van der Waals surface area contributed by atoms with E-state index in [1.165, 1.54) is 6.08 Å². The molecule has 2 N–H and O–H groups in total. The first-order chi connectivity index (χ1) is 12.2. The van der Waals surface area contributed by atoms with Gasteiger partial charge >= 0.3 is 0 Å². The van der Waals surface area contributed by atoms with Gasteiger partial charge in [0.2, 0.25) is 11.9 Å². The summed E-state index contributed by atoms with van der Waals surface area (Å²) >= 11 is 0. The number of nitrogens with zero attached hydrogens (tertiary/aromatic N) is 4. The smallest absolute Gasteiger partial charge is 0.246 e. The number of aromatic nitrogens is 2. The number of carbonyl (C=O) groups is 1. The Morgan fingerprint density at radius 3 is 3.00 bits per heavy atom. The number of hydrogen-bond donors (Lipinski definition) is 1. The number of piperidine rings is 1. The average Bonchev–Trinajstić information content (AvgIpc) is 2.66. The molecular formula is C19H19N5O. The van der Waals surface area contributed by atoms with Crippen LogP contribution in [0.2, 0.25) is 0 Å². The predicted molar refractivity (Wildman–Crippen MR) is 95.2 cm³/mol. The SMILES string of the molecule is N#Cc1ccccc1/C=C/C(=O)N1CCCC(c2ccnc(N)n2)C1. The summed E-state index contributed by atoms with van der Waals surface area (Å²) in [4.78, 5) is 22.5. The molecular weight excluding hydrogens is 314 g/mol. The van der Waals surface area contributed by atoms with Gasteiger partial charge in [-0.25, -0.2) is 9.97 Å². The monoisotopic (exact) mass is 333 g/mol. The van der Waals surface area contributed by atoms with Crippen molar-refractivity contribution in [3.8, 4) is 6.07 Å². The number of nitrogen functional groups attached to an aromatic ring is 1. The quantitative estimate of drug-likeness (QED) is 0.870. The molecule has 0 aliphatic carbocycles. The lowest BCUT2D eigenvalue weighted by molar-refractivity contribution is -0.127. The van der Waals surface area contributed by atoms with E-state index in [2.05, 4.69) is 16.0 Å². The van der Waals surface area contributed by atoms with Crippen LogP contribution in [0.25, 0.3) is 6.08 Å². The zero-order valence-corrected chi connectivity index (χ0v) is 13.8. The van der Waals surface area contributed by atoms with Crippen LogP contribution in [0, 0.1) is 11.3 Å². The van der Waals surface area contributed by atoms with Gasteiger partial charge < -0.3 is 10.6 Å². The molecule has 25 heavy (non-hydrogen) atoms. The molecule has 3 rings (SSSR count). The number of benzene rings is 1. The van der Waals surface area contributed by atoms with Crippen molar-refractivity contribution in [3.05, 3.63) is 59.4 Å². The van der Waals surface area contributed by atoms with Gasteiger partial charge in [-0.1, -0.05) is 18.2 Å². The van der Waals surface area contributed by atoms with Gasteiger partial charge in [0.15, 0.2) is 0 Å². The van der Waals surface area contributed by atoms with Crippen LogP contribution < -0.4 is 5.73 Å². The van der Waals surface area contributed by atoms with Gasteiger partial charge in [0.1, 0.15) is 0 Å². The van der Waals surface area contributed by atoms with E-state index in [9.17, 15) is 4.79 Å². The van der Waals surface area contributed by atoms with Crippen LogP contribution in [-0.2, 0) is 4.79 Å². The number of hydrogen-bond acceptors (Lipinski definition) is 5. The van der Waals surface area contributed by atoms with Gasteiger partial charge in [0.25, 0.3) is 0 Å². The van der Waals surface area contributed by atoms with Gasteiger partial charge in [-0.05, 0) is 36.6 Å². The number of amides is 1. The molecule has 1 fully saturated rings. The van der Waals surface area contributed by atoms with Gasteiger partial charge in [-0.2, -0.15) is 5.26 Å². The molecule has 1 saturated heterocycles. The minimum Gasteiger partial charge on any atom is -0.368 e. The van der Waals surface area contributed by atoms with Crippen molar-refractivity contribution in [1.29, 1.82) is 5.26 Å². The third-order valence-electron chi connectivity index (χ3n) is 4.33. The summed E-state index contributed by atoms with van der Waals surface area (Å²) < 4.78 is 0. The molecule has 1 aromatic carbocycles. The number of rotatable bonds is 3. The van der Waals surface area contributed by atoms with E-state index in [-0.39, 0.29) is 17.8 Å². The van der Waals surface area contributed by atoms with Crippen molar-refractivity contribution in [2.75, 3.05) is 18.8 Å². The number of anilines is 1. The lowest BCUT2D eigenvalue weighted by Gasteiger charge is -2.31. The Labute approximate surface area is 146 Å². The summed E-state index contributed by atoms with van der Waals surface area (Å²) in [5, 5.41) is 9.11. The van der Waals surface area contributed by atoms with Crippen LogP contribution in [0.3, 0.4) is 0 Å². The fourth-order valence-electron chi connectivity index (χ4n) is 3.05. The maximum atomic E-state index is 12.5. The highest BCUT2D eigenvalue weighted by Crippen LogP contribution is 2.26. The van der Waals surface area contributed by atoms with Crippen molar-refractivity contribution in [3.63, 3.8) is 0 Å². The Bertz CT molecular complexity index is 840. The second-order valence-corrected chi connectivity index (χ2v) is 6.00. The van der Waals surface area contributed by atoms with Crippen molar-refractivity contribution >= 4 is 17.9 Å². The Morgan fingerprint density at radius 2 is 2.20 bits per heavy atom. The van der Waals surface area contributed by atoms with Crippen LogP contribution in [0.5, 0.6) is 0 Å². The highest BCUT2D eigenvalue weighted by atomic mass is 16.2. The van der Waals surface area contributed by atoms with Crippen LogP contribution in [0.15, 0.2) is 42.6 Å². The van der Waals surface area contributed by atoms with Crippen LogP contribution in [-0.4, -0.2) is 33.9 Å². The first kappa shape index (κ1) is 16.7. The fourth-order valence-corrected chi connectivity index (χ4v) is 3.05. The maximum Gasteiger partial charge on any atom is 0.246 e. The summed E-state index contributed by atoms with van der Waals surface area (Å²) in [6.07, 6.45) is 6.78. The standard InChI is InChI=1S/C19H19N5O/c20-12-15-5-2-1-4-14(15)7-8-18(25)24-11-3-6-16(13-24)17-9-10-22-19(21)23-17/h1-2,4-5,7-10,16H,3,6,11,13H2,(H2,21,22,23)/b8-7+. The van der Waals surface area contributed by atoms with Crippen LogP contribution >= 0.6 is 0 Å². The molecule has 0 bridgehead atoms. The van der Waals surface area contributed by atoms with Gasteiger partial charge in [0.05, 0.1) is 17.3 Å². The number of nitrogens with two attached hydrogens (primary N) is 1. The van der Waals surface area contributed by atoms with Gasteiger partial charge in [-0.3, -0.25) is 4.79 Å². The molecule has 1 atom stereocenters. The molecule has 1 aliphatic heterocycles. The van der Waals surface area contributed by atoms with E-state index >= 15 is 0 Å². The molecule has 1 amide bonds. The lowest BCUT2D eigenvalue weighted by Crippen LogP contribution is -2.38. The molecule has 6 heteroatoms. The van der Waals surface area contributed by atoms with E-state index in [1.807, 2.05) is 23.1 Å². The summed E-state index contributed by atoms with van der Waals surface area (Å²) in [5.74, 6) is 0.372. The zero-order chi connectivity index (χ0) is 17.6. The highest BCUT2D eigenvalue weighted by Gasteiger charge is 2.24. The number of likely N-dealkylation sites (tertiary alicyclic amines) is 1. The summed E-state index contributed by atoms with van der Waals surface area (Å²) in [6, 6.07) is 11.2. The van der Waals surface area contributed by atoms with E-state index in [0.29, 0.717) is 12.1 Å². The van der Waals surface area contributed by atoms with Crippen molar-refractivity contribution in [2.45, 2.75) is 18.8 Å². The van der Waals surface area contributed by atoms with Gasteiger partial charge in [-0.15, -0.1) is 0 Å². The molecule has 1 aliphatic rings. The lowest BCUT2D eigenvalue weighted by atomic mass is 9.94. The summed E-state index contributed by atoms with van der Waals surface area (Å²) in [6.45, 7) is 1.33. The molecule has 0 radical (unpaired) electrons. The van der Waals surface area contributed by atoms with E-state index < -0.39 is 0 Å². The highest BCUT2D eigenvalue weighted by molar-refractivity contribution is 5.92. The van der Waals surface area contributed by atoms with Crippen molar-refractivity contribution < 1.29 is 4.79 Å². The number of carbonyl (C=O) groups excluding carboxylic acids is 1. The zero-order valence-electron chi connectivity index (χ0n) is 13.8. The molecule has 6 nitrogen and oxygen atoms in total. The molecule has 0 saturated carbocycles. The van der Waals surface area contributed by atoms with E-state index in [0.717, 1.165) is 30.6 Å². The predicted octanol–water partition coefficient (Wildman–Crippen LogP) is 2.35. The van der Waals surface area contributed by atoms with Crippen LogP contribution in [0.1, 0.15) is 35.6 Å². The Kier molecular flexibility index (Phi) is 5.05. The van der Waals surface area contributed by atoms with E-state index in [1.54, 1.807) is 24.4 Å². The second kappa shape index (κ2) is 7.58. The van der Waals surface area contributed by atoms with Gasteiger partial charge in [0, 0.05) is 31.3 Å². The number of nitriles is 1. The maximum absolute atomic E-state index is 12.5. The molecule has 2 aromatic rings. The Hall–Kier alpha value is -3.20. The average molecular weight is 333 g/mol. The Balaban J connectivity index is 1.70. The summed E-state index contributed by atoms with van der Waals surface area (Å²) in [7, 11) is 0. The van der Waals surface area contributed by atoms with Crippen molar-refractivity contribution in [1.82, 2.24) is 14.9 Å². The minimum absolute atomic E-state index is 0.0560. The molecule has 126 valence electrons.